The van der Waals surface area contributed by atoms with Gasteiger partial charge in [-0.2, -0.15) is 0 Å². The summed E-state index contributed by atoms with van der Waals surface area (Å²) < 4.78 is 0. The zero-order valence-corrected chi connectivity index (χ0v) is 12.2. The Kier molecular flexibility index (Phi) is 3.49. The highest BCUT2D eigenvalue weighted by molar-refractivity contribution is 5.98. The van der Waals surface area contributed by atoms with Gasteiger partial charge in [0.15, 0.2) is 0 Å². The maximum Gasteiger partial charge on any atom is 0.0956 e. The van der Waals surface area contributed by atoms with Crippen LogP contribution in [0.1, 0.15) is 12.8 Å². The summed E-state index contributed by atoms with van der Waals surface area (Å²) in [6.45, 7) is 2.19. The van der Waals surface area contributed by atoms with Crippen LogP contribution in [-0.2, 0) is 0 Å². The number of hydrogen-bond donors (Lipinski definition) is 1. The van der Waals surface area contributed by atoms with E-state index in [9.17, 15) is 0 Å². The summed E-state index contributed by atoms with van der Waals surface area (Å²) in [7, 11) is 4.27. The summed E-state index contributed by atoms with van der Waals surface area (Å²) >= 11 is 0. The average Bonchev–Trinajstić information content (AvgIpc) is 2.87. The molecule has 1 aliphatic rings. The maximum absolute atomic E-state index is 6.07. The lowest BCUT2D eigenvalue weighted by Gasteiger charge is -2.29. The van der Waals surface area contributed by atoms with E-state index >= 15 is 0 Å². The van der Waals surface area contributed by atoms with E-state index < -0.39 is 0 Å². The number of fused-ring (bicyclic) bond motifs is 1. The molecule has 0 bridgehead atoms. The van der Waals surface area contributed by atoms with E-state index in [0.29, 0.717) is 6.04 Å². The van der Waals surface area contributed by atoms with E-state index in [2.05, 4.69) is 41.0 Å². The number of nitrogen functional groups attached to an aromatic ring is 1. The minimum Gasteiger partial charge on any atom is -0.398 e. The molecule has 1 saturated heterocycles. The molecular weight excluding hydrogens is 248 g/mol. The van der Waals surface area contributed by atoms with Crippen LogP contribution in [0.5, 0.6) is 0 Å². The first-order chi connectivity index (χ1) is 9.66. The van der Waals surface area contributed by atoms with Gasteiger partial charge in [-0.05, 0) is 51.2 Å². The molecule has 2 N–H and O–H groups in total. The van der Waals surface area contributed by atoms with Crippen LogP contribution >= 0.6 is 0 Å². The Morgan fingerprint density at radius 3 is 3.00 bits per heavy atom. The van der Waals surface area contributed by atoms with Gasteiger partial charge in [-0.15, -0.1) is 0 Å². The smallest absolute Gasteiger partial charge is 0.0956 e. The predicted octanol–water partition coefficient (Wildman–Crippen LogP) is 2.35. The number of pyridine rings is 1. The molecule has 1 fully saturated rings. The second-order valence-corrected chi connectivity index (χ2v) is 5.83. The number of anilines is 2. The summed E-state index contributed by atoms with van der Waals surface area (Å²) in [6.07, 6.45) is 4.34. The van der Waals surface area contributed by atoms with Gasteiger partial charge in [0.05, 0.1) is 11.2 Å². The molecule has 1 aromatic carbocycles. The van der Waals surface area contributed by atoms with Crippen LogP contribution in [-0.4, -0.2) is 43.1 Å². The fourth-order valence-electron chi connectivity index (χ4n) is 3.18. The van der Waals surface area contributed by atoms with Gasteiger partial charge >= 0.3 is 0 Å². The van der Waals surface area contributed by atoms with Crippen LogP contribution in [0.3, 0.4) is 0 Å². The SMILES string of the molecule is CN(C)CC1CCCN1c1ccc(N)c2cccnc12. The molecule has 0 aliphatic carbocycles. The molecule has 106 valence electrons. The molecule has 2 heterocycles. The second kappa shape index (κ2) is 5.29. The molecule has 0 spiro atoms. The molecule has 1 aromatic heterocycles. The third kappa shape index (κ3) is 2.31. The van der Waals surface area contributed by atoms with Gasteiger partial charge in [0, 0.05) is 36.4 Å². The van der Waals surface area contributed by atoms with Gasteiger partial charge in [-0.1, -0.05) is 0 Å². The minimum absolute atomic E-state index is 0.568. The number of benzene rings is 1. The molecule has 4 nitrogen and oxygen atoms in total. The highest BCUT2D eigenvalue weighted by Gasteiger charge is 2.26. The maximum atomic E-state index is 6.07. The first kappa shape index (κ1) is 13.2. The zero-order valence-electron chi connectivity index (χ0n) is 12.2. The van der Waals surface area contributed by atoms with Crippen molar-refractivity contribution in [2.24, 2.45) is 0 Å². The molecule has 0 saturated carbocycles. The minimum atomic E-state index is 0.568. The first-order valence-electron chi connectivity index (χ1n) is 7.21. The van der Waals surface area contributed by atoms with Crippen LogP contribution in [0, 0.1) is 0 Å². The van der Waals surface area contributed by atoms with Crippen molar-refractivity contribution in [1.29, 1.82) is 0 Å². The van der Waals surface area contributed by atoms with Gasteiger partial charge in [0.2, 0.25) is 0 Å². The van der Waals surface area contributed by atoms with Gasteiger partial charge in [0.1, 0.15) is 0 Å². The topological polar surface area (TPSA) is 45.4 Å². The molecule has 20 heavy (non-hydrogen) atoms. The molecule has 1 unspecified atom stereocenters. The number of likely N-dealkylation sites (N-methyl/N-ethyl adjacent to an activating group) is 1. The molecule has 0 amide bonds. The van der Waals surface area contributed by atoms with Crippen molar-refractivity contribution in [3.05, 3.63) is 30.5 Å². The predicted molar refractivity (Wildman–Crippen MR) is 85.1 cm³/mol. The quantitative estimate of drug-likeness (QED) is 0.870. The van der Waals surface area contributed by atoms with Crippen LogP contribution < -0.4 is 10.6 Å². The van der Waals surface area contributed by atoms with Crippen LogP contribution in [0.25, 0.3) is 10.9 Å². The fourth-order valence-corrected chi connectivity index (χ4v) is 3.18. The molecule has 1 aliphatic heterocycles. The Labute approximate surface area is 120 Å². The van der Waals surface area contributed by atoms with Crippen LogP contribution in [0.15, 0.2) is 30.5 Å². The first-order valence-corrected chi connectivity index (χ1v) is 7.21. The summed E-state index contributed by atoms with van der Waals surface area (Å²) in [5.41, 5.74) is 9.13. The standard InChI is InChI=1S/C16H22N4/c1-19(2)11-12-5-4-10-20(12)15-8-7-14(17)13-6-3-9-18-16(13)15/h3,6-9,12H,4-5,10-11,17H2,1-2H3. The fraction of sp³-hybridized carbons (Fsp3) is 0.438. The average molecular weight is 270 g/mol. The largest absolute Gasteiger partial charge is 0.398 e. The van der Waals surface area contributed by atoms with E-state index in [1.807, 2.05) is 18.3 Å². The number of hydrogen-bond acceptors (Lipinski definition) is 4. The van der Waals surface area contributed by atoms with Crippen LogP contribution in [0.4, 0.5) is 11.4 Å². The normalized spacial score (nSPS) is 19.1. The van der Waals surface area contributed by atoms with Crippen molar-refractivity contribution in [2.75, 3.05) is 37.8 Å². The number of aromatic nitrogens is 1. The van der Waals surface area contributed by atoms with E-state index in [1.165, 1.54) is 18.5 Å². The van der Waals surface area contributed by atoms with Crippen molar-refractivity contribution >= 4 is 22.3 Å². The molecule has 0 radical (unpaired) electrons. The molecule has 4 heteroatoms. The molecule has 1 atom stereocenters. The highest BCUT2D eigenvalue weighted by atomic mass is 15.2. The van der Waals surface area contributed by atoms with Crippen molar-refractivity contribution in [3.63, 3.8) is 0 Å². The highest BCUT2D eigenvalue weighted by Crippen LogP contribution is 2.33. The van der Waals surface area contributed by atoms with Crippen molar-refractivity contribution in [3.8, 4) is 0 Å². The molecule has 3 rings (SSSR count). The van der Waals surface area contributed by atoms with E-state index in [0.717, 1.165) is 29.7 Å². The second-order valence-electron chi connectivity index (χ2n) is 5.83. The summed E-state index contributed by atoms with van der Waals surface area (Å²) in [4.78, 5) is 9.32. The summed E-state index contributed by atoms with van der Waals surface area (Å²) in [5.74, 6) is 0. The summed E-state index contributed by atoms with van der Waals surface area (Å²) in [6, 6.07) is 8.70. The lowest BCUT2D eigenvalue weighted by atomic mass is 10.1. The van der Waals surface area contributed by atoms with Crippen molar-refractivity contribution < 1.29 is 0 Å². The van der Waals surface area contributed by atoms with Gasteiger partial charge in [0.25, 0.3) is 0 Å². The lowest BCUT2D eigenvalue weighted by Crippen LogP contribution is -2.37. The van der Waals surface area contributed by atoms with Gasteiger partial charge in [-0.25, -0.2) is 0 Å². The molecular formula is C16H22N4. The number of nitrogens with zero attached hydrogens (tertiary/aromatic N) is 3. The summed E-state index contributed by atoms with van der Waals surface area (Å²) in [5, 5.41) is 1.06. The molecule has 2 aromatic rings. The Balaban J connectivity index is 2.03. The Morgan fingerprint density at radius 2 is 2.20 bits per heavy atom. The Bertz CT molecular complexity index is 608. The van der Waals surface area contributed by atoms with Gasteiger partial charge in [-0.3, -0.25) is 4.98 Å². The zero-order chi connectivity index (χ0) is 14.1. The third-order valence-electron chi connectivity index (χ3n) is 4.04. The van der Waals surface area contributed by atoms with E-state index in [-0.39, 0.29) is 0 Å². The van der Waals surface area contributed by atoms with E-state index in [1.54, 1.807) is 0 Å². The van der Waals surface area contributed by atoms with Crippen LogP contribution in [0.2, 0.25) is 0 Å². The third-order valence-corrected chi connectivity index (χ3v) is 4.04. The number of rotatable bonds is 3. The van der Waals surface area contributed by atoms with Crippen molar-refractivity contribution in [2.45, 2.75) is 18.9 Å². The monoisotopic (exact) mass is 270 g/mol. The van der Waals surface area contributed by atoms with Gasteiger partial charge < -0.3 is 15.5 Å². The van der Waals surface area contributed by atoms with Crippen molar-refractivity contribution in [1.82, 2.24) is 9.88 Å². The Hall–Kier alpha value is -1.81. The van der Waals surface area contributed by atoms with E-state index in [4.69, 9.17) is 5.73 Å². The Morgan fingerprint density at radius 1 is 1.35 bits per heavy atom. The lowest BCUT2D eigenvalue weighted by molar-refractivity contribution is 0.372. The number of nitrogens with two attached hydrogens (primary N) is 1.